The zero-order chi connectivity index (χ0) is 18.7. The van der Waals surface area contributed by atoms with Gasteiger partial charge in [0.1, 0.15) is 4.88 Å². The summed E-state index contributed by atoms with van der Waals surface area (Å²) in [7, 11) is 0. The van der Waals surface area contributed by atoms with Crippen LogP contribution in [0.4, 0.5) is 5.69 Å². The Morgan fingerprint density at radius 2 is 1.96 bits per heavy atom. The fourth-order valence-corrected chi connectivity index (χ4v) is 4.10. The molecule has 0 spiro atoms. The van der Waals surface area contributed by atoms with Crippen molar-refractivity contribution in [2.45, 2.75) is 33.1 Å². The van der Waals surface area contributed by atoms with Crippen LogP contribution < -0.4 is 5.32 Å². The molecular weight excluding hydrogens is 350 g/mol. The van der Waals surface area contributed by atoms with Crippen molar-refractivity contribution in [3.05, 3.63) is 51.2 Å². The average Bonchev–Trinajstić information content (AvgIpc) is 3.03. The van der Waals surface area contributed by atoms with E-state index in [0.29, 0.717) is 22.0 Å². The van der Waals surface area contributed by atoms with Crippen LogP contribution in [0.15, 0.2) is 30.3 Å². The number of ketones is 1. The van der Waals surface area contributed by atoms with Gasteiger partial charge in [-0.15, -0.1) is 11.3 Å². The minimum atomic E-state index is -0.459. The molecule has 1 amide bonds. The molecule has 1 aromatic heterocycles. The Morgan fingerprint density at radius 3 is 2.65 bits per heavy atom. The standard InChI is InChI=1S/C20H21NO4S/c1-12-3-8-17-15(9-12)10-18(26-17)20(24)25-11-19(23)21-16-6-4-14(5-7-16)13(2)22/h4-7,10,12H,3,8-9,11H2,1-2H3,(H,21,23)/t12-/m0/s1. The van der Waals surface area contributed by atoms with Gasteiger partial charge in [0.2, 0.25) is 0 Å². The van der Waals surface area contributed by atoms with Gasteiger partial charge in [-0.3, -0.25) is 9.59 Å². The highest BCUT2D eigenvalue weighted by molar-refractivity contribution is 7.14. The van der Waals surface area contributed by atoms with Crippen LogP contribution in [0.25, 0.3) is 0 Å². The average molecular weight is 371 g/mol. The molecule has 2 aromatic rings. The summed E-state index contributed by atoms with van der Waals surface area (Å²) in [5, 5.41) is 2.65. The molecule has 0 aliphatic heterocycles. The molecule has 0 radical (unpaired) electrons. The lowest BCUT2D eigenvalue weighted by atomic mass is 9.90. The lowest BCUT2D eigenvalue weighted by Gasteiger charge is -2.16. The summed E-state index contributed by atoms with van der Waals surface area (Å²) in [6.07, 6.45) is 3.15. The lowest BCUT2D eigenvalue weighted by molar-refractivity contribution is -0.119. The van der Waals surface area contributed by atoms with Crippen molar-refractivity contribution in [2.24, 2.45) is 5.92 Å². The van der Waals surface area contributed by atoms with Gasteiger partial charge < -0.3 is 10.1 Å². The molecule has 0 saturated carbocycles. The second kappa shape index (κ2) is 7.83. The number of rotatable bonds is 5. The number of hydrogen-bond donors (Lipinski definition) is 1. The van der Waals surface area contributed by atoms with Crippen molar-refractivity contribution in [3.63, 3.8) is 0 Å². The lowest BCUT2D eigenvalue weighted by Crippen LogP contribution is -2.20. The summed E-state index contributed by atoms with van der Waals surface area (Å²) in [4.78, 5) is 37.2. The maximum atomic E-state index is 12.2. The van der Waals surface area contributed by atoms with Crippen molar-refractivity contribution in [1.82, 2.24) is 0 Å². The van der Waals surface area contributed by atoms with Crippen LogP contribution in [0, 0.1) is 5.92 Å². The Bertz CT molecular complexity index is 838. The van der Waals surface area contributed by atoms with Crippen molar-refractivity contribution in [2.75, 3.05) is 11.9 Å². The van der Waals surface area contributed by atoms with E-state index in [0.717, 1.165) is 19.3 Å². The molecule has 0 fully saturated rings. The topological polar surface area (TPSA) is 72.5 Å². The monoisotopic (exact) mass is 371 g/mol. The Morgan fingerprint density at radius 1 is 1.23 bits per heavy atom. The van der Waals surface area contributed by atoms with Crippen LogP contribution >= 0.6 is 11.3 Å². The number of fused-ring (bicyclic) bond motifs is 1. The number of anilines is 1. The van der Waals surface area contributed by atoms with E-state index in [1.807, 2.05) is 6.07 Å². The number of carbonyl (C=O) groups is 3. The number of aryl methyl sites for hydroxylation is 1. The Kier molecular flexibility index (Phi) is 5.52. The van der Waals surface area contributed by atoms with E-state index in [4.69, 9.17) is 4.74 Å². The summed E-state index contributed by atoms with van der Waals surface area (Å²) in [5.74, 6) is -0.269. The number of hydrogen-bond acceptors (Lipinski definition) is 5. The number of amides is 1. The van der Waals surface area contributed by atoms with Gasteiger partial charge in [-0.1, -0.05) is 6.92 Å². The van der Waals surface area contributed by atoms with Gasteiger partial charge in [0, 0.05) is 16.1 Å². The molecule has 1 atom stereocenters. The van der Waals surface area contributed by atoms with Gasteiger partial charge in [0.05, 0.1) is 0 Å². The van der Waals surface area contributed by atoms with E-state index in [1.54, 1.807) is 24.3 Å². The van der Waals surface area contributed by atoms with Crippen molar-refractivity contribution in [3.8, 4) is 0 Å². The van der Waals surface area contributed by atoms with Crippen LogP contribution in [0.3, 0.4) is 0 Å². The highest BCUT2D eigenvalue weighted by Crippen LogP contribution is 2.32. The molecule has 0 saturated heterocycles. The maximum Gasteiger partial charge on any atom is 0.348 e. The third kappa shape index (κ3) is 4.38. The van der Waals surface area contributed by atoms with Crippen molar-refractivity contribution >= 4 is 34.7 Å². The molecule has 5 nitrogen and oxygen atoms in total. The Hall–Kier alpha value is -2.47. The third-order valence-corrected chi connectivity index (χ3v) is 5.66. The van der Waals surface area contributed by atoms with Gasteiger partial charge in [0.25, 0.3) is 5.91 Å². The second-order valence-corrected chi connectivity index (χ2v) is 7.80. The highest BCUT2D eigenvalue weighted by Gasteiger charge is 2.21. The van der Waals surface area contributed by atoms with E-state index in [2.05, 4.69) is 12.2 Å². The van der Waals surface area contributed by atoms with Gasteiger partial charge >= 0.3 is 5.97 Å². The van der Waals surface area contributed by atoms with Crippen LogP contribution in [0.5, 0.6) is 0 Å². The molecular formula is C20H21NO4S. The van der Waals surface area contributed by atoms with E-state index in [9.17, 15) is 14.4 Å². The van der Waals surface area contributed by atoms with E-state index in [1.165, 1.54) is 28.7 Å². The number of thiophene rings is 1. The third-order valence-electron chi connectivity index (χ3n) is 4.44. The highest BCUT2D eigenvalue weighted by atomic mass is 32.1. The molecule has 0 unspecified atom stereocenters. The van der Waals surface area contributed by atoms with Gasteiger partial charge in [-0.2, -0.15) is 0 Å². The van der Waals surface area contributed by atoms with Crippen LogP contribution in [-0.2, 0) is 22.4 Å². The first-order valence-corrected chi connectivity index (χ1v) is 9.43. The Labute approximate surface area is 156 Å². The smallest absolute Gasteiger partial charge is 0.348 e. The number of esters is 1. The SMILES string of the molecule is CC(=O)c1ccc(NC(=O)COC(=O)c2cc3c(s2)CC[C@H](C)C3)cc1. The van der Waals surface area contributed by atoms with Crippen molar-refractivity contribution in [1.29, 1.82) is 0 Å². The molecule has 1 N–H and O–H groups in total. The molecule has 26 heavy (non-hydrogen) atoms. The molecule has 1 aliphatic carbocycles. The van der Waals surface area contributed by atoms with Crippen LogP contribution in [0.1, 0.15) is 50.7 Å². The number of Topliss-reactive ketones (excluding diaryl/α,β-unsaturated/α-hetero) is 1. The predicted molar refractivity (Wildman–Crippen MR) is 101 cm³/mol. The molecule has 1 aliphatic rings. The number of ether oxygens (including phenoxy) is 1. The van der Waals surface area contributed by atoms with E-state index in [-0.39, 0.29) is 12.4 Å². The molecule has 136 valence electrons. The first-order valence-electron chi connectivity index (χ1n) is 8.62. The van der Waals surface area contributed by atoms with Gasteiger partial charge in [-0.05, 0) is 68.0 Å². The minimum Gasteiger partial charge on any atom is -0.451 e. The van der Waals surface area contributed by atoms with E-state index < -0.39 is 11.9 Å². The number of nitrogens with one attached hydrogen (secondary N) is 1. The zero-order valence-corrected chi connectivity index (χ0v) is 15.7. The minimum absolute atomic E-state index is 0.0372. The largest absolute Gasteiger partial charge is 0.451 e. The molecule has 1 heterocycles. The number of benzene rings is 1. The molecule has 1 aromatic carbocycles. The van der Waals surface area contributed by atoms with Crippen LogP contribution in [0.2, 0.25) is 0 Å². The molecule has 3 rings (SSSR count). The second-order valence-electron chi connectivity index (χ2n) is 6.66. The number of carbonyl (C=O) groups excluding carboxylic acids is 3. The zero-order valence-electron chi connectivity index (χ0n) is 14.8. The summed E-state index contributed by atoms with van der Waals surface area (Å²) >= 11 is 1.47. The quantitative estimate of drug-likeness (QED) is 0.640. The van der Waals surface area contributed by atoms with Crippen molar-refractivity contribution < 1.29 is 19.1 Å². The van der Waals surface area contributed by atoms with Crippen LogP contribution in [-0.4, -0.2) is 24.3 Å². The Balaban J connectivity index is 1.52. The summed E-state index contributed by atoms with van der Waals surface area (Å²) in [6.45, 7) is 3.36. The maximum absolute atomic E-state index is 12.2. The first kappa shape index (κ1) is 18.3. The fourth-order valence-electron chi connectivity index (χ4n) is 2.99. The fraction of sp³-hybridized carbons (Fsp3) is 0.350. The normalized spacial score (nSPS) is 15.8. The molecule has 6 heteroatoms. The summed E-state index contributed by atoms with van der Waals surface area (Å²) in [5.41, 5.74) is 2.36. The summed E-state index contributed by atoms with van der Waals surface area (Å²) < 4.78 is 5.13. The van der Waals surface area contributed by atoms with E-state index >= 15 is 0 Å². The molecule has 0 bridgehead atoms. The van der Waals surface area contributed by atoms with Gasteiger partial charge in [-0.25, -0.2) is 4.79 Å². The first-order chi connectivity index (χ1) is 12.4. The van der Waals surface area contributed by atoms with Gasteiger partial charge in [0.15, 0.2) is 12.4 Å². The summed E-state index contributed by atoms with van der Waals surface area (Å²) in [6, 6.07) is 8.47. The predicted octanol–water partition coefficient (Wildman–Crippen LogP) is 3.87.